The van der Waals surface area contributed by atoms with Crippen molar-refractivity contribution >= 4 is 10.9 Å². The van der Waals surface area contributed by atoms with Gasteiger partial charge in [-0.3, -0.25) is 0 Å². The molecule has 1 aromatic carbocycles. The van der Waals surface area contributed by atoms with Crippen LogP contribution in [-0.2, 0) is 6.42 Å². The molecule has 0 radical (unpaired) electrons. The van der Waals surface area contributed by atoms with Crippen molar-refractivity contribution in [2.75, 3.05) is 13.6 Å². The Balaban J connectivity index is 1.92. The quantitative estimate of drug-likeness (QED) is 0.836. The topological polar surface area (TPSA) is 19.0 Å². The maximum atomic E-state index is 3.39. The fourth-order valence-corrected chi connectivity index (χ4v) is 2.95. The molecule has 0 amide bonds. The summed E-state index contributed by atoms with van der Waals surface area (Å²) in [5.74, 6) is 0. The summed E-state index contributed by atoms with van der Waals surface area (Å²) >= 11 is 0. The van der Waals surface area contributed by atoms with Crippen molar-refractivity contribution in [1.82, 2.24) is 9.88 Å². The lowest BCUT2D eigenvalue weighted by molar-refractivity contribution is 0.310. The van der Waals surface area contributed by atoms with Crippen molar-refractivity contribution < 1.29 is 0 Å². The van der Waals surface area contributed by atoms with E-state index < -0.39 is 0 Å². The predicted octanol–water partition coefficient (Wildman–Crippen LogP) is 3.11. The van der Waals surface area contributed by atoms with E-state index in [1.807, 2.05) is 0 Å². The summed E-state index contributed by atoms with van der Waals surface area (Å²) < 4.78 is 0. The van der Waals surface area contributed by atoms with Crippen LogP contribution in [0.2, 0.25) is 0 Å². The number of rotatable bonds is 2. The zero-order chi connectivity index (χ0) is 11.8. The van der Waals surface area contributed by atoms with E-state index in [2.05, 4.69) is 48.3 Å². The molecule has 0 spiro atoms. The molecular weight excluding hydrogens is 208 g/mol. The van der Waals surface area contributed by atoms with E-state index >= 15 is 0 Å². The van der Waals surface area contributed by atoms with Crippen LogP contribution in [0.3, 0.4) is 0 Å². The standard InChI is InChI=1S/C15H20N2/c1-11-5-6-15-14(8-11)12(10-16-15)9-13-4-3-7-17(13)2/h5-6,8,10,13,16H,3-4,7,9H2,1-2H3/t13-/m0/s1. The van der Waals surface area contributed by atoms with Crippen molar-refractivity contribution in [3.05, 3.63) is 35.5 Å². The van der Waals surface area contributed by atoms with Crippen LogP contribution in [0.25, 0.3) is 10.9 Å². The first-order valence-electron chi connectivity index (χ1n) is 6.51. The fourth-order valence-electron chi connectivity index (χ4n) is 2.95. The molecule has 1 aliphatic heterocycles. The highest BCUT2D eigenvalue weighted by atomic mass is 15.1. The Morgan fingerprint density at radius 3 is 3.06 bits per heavy atom. The lowest BCUT2D eigenvalue weighted by Gasteiger charge is -2.18. The van der Waals surface area contributed by atoms with Gasteiger partial charge in [-0.2, -0.15) is 0 Å². The van der Waals surface area contributed by atoms with Crippen LogP contribution in [0.1, 0.15) is 24.0 Å². The molecule has 2 aromatic rings. The second kappa shape index (κ2) is 4.19. The van der Waals surface area contributed by atoms with Gasteiger partial charge in [0.1, 0.15) is 0 Å². The van der Waals surface area contributed by atoms with E-state index in [4.69, 9.17) is 0 Å². The van der Waals surface area contributed by atoms with Crippen molar-refractivity contribution in [3.8, 4) is 0 Å². The predicted molar refractivity (Wildman–Crippen MR) is 72.4 cm³/mol. The van der Waals surface area contributed by atoms with E-state index in [9.17, 15) is 0 Å². The largest absolute Gasteiger partial charge is 0.361 e. The number of aromatic amines is 1. The maximum Gasteiger partial charge on any atom is 0.0456 e. The number of nitrogens with one attached hydrogen (secondary N) is 1. The molecule has 1 N–H and O–H groups in total. The van der Waals surface area contributed by atoms with Gasteiger partial charge < -0.3 is 9.88 Å². The number of aryl methyl sites for hydroxylation is 1. The molecular formula is C15H20N2. The first-order chi connectivity index (χ1) is 8.24. The van der Waals surface area contributed by atoms with Crippen molar-refractivity contribution in [1.29, 1.82) is 0 Å². The van der Waals surface area contributed by atoms with E-state index in [1.54, 1.807) is 0 Å². The van der Waals surface area contributed by atoms with Crippen LogP contribution in [0.4, 0.5) is 0 Å². The summed E-state index contributed by atoms with van der Waals surface area (Å²) in [7, 11) is 2.25. The van der Waals surface area contributed by atoms with Gasteiger partial charge in [0.2, 0.25) is 0 Å². The summed E-state index contributed by atoms with van der Waals surface area (Å²) in [6.45, 7) is 3.42. The van der Waals surface area contributed by atoms with E-state index in [0.29, 0.717) is 0 Å². The number of aromatic nitrogens is 1. The Morgan fingerprint density at radius 1 is 1.41 bits per heavy atom. The number of likely N-dealkylation sites (tertiary alicyclic amines) is 1. The van der Waals surface area contributed by atoms with Crippen LogP contribution in [0.5, 0.6) is 0 Å². The van der Waals surface area contributed by atoms with Crippen LogP contribution in [0, 0.1) is 6.92 Å². The highest BCUT2D eigenvalue weighted by molar-refractivity contribution is 5.83. The Bertz CT molecular complexity index is 527. The Hall–Kier alpha value is -1.28. The minimum absolute atomic E-state index is 0.731. The van der Waals surface area contributed by atoms with Gasteiger partial charge in [0, 0.05) is 23.1 Å². The summed E-state index contributed by atoms with van der Waals surface area (Å²) in [6.07, 6.45) is 6.06. The smallest absolute Gasteiger partial charge is 0.0456 e. The second-order valence-corrected chi connectivity index (χ2v) is 5.34. The lowest BCUT2D eigenvalue weighted by Crippen LogP contribution is -2.26. The molecule has 1 aromatic heterocycles. The number of H-pyrrole nitrogens is 1. The summed E-state index contributed by atoms with van der Waals surface area (Å²) in [5, 5.41) is 1.41. The van der Waals surface area contributed by atoms with Crippen LogP contribution >= 0.6 is 0 Å². The molecule has 1 fully saturated rings. The molecule has 0 aliphatic carbocycles. The third kappa shape index (κ3) is 1.98. The molecule has 0 unspecified atom stereocenters. The first-order valence-corrected chi connectivity index (χ1v) is 6.51. The number of hydrogen-bond acceptors (Lipinski definition) is 1. The molecule has 0 bridgehead atoms. The van der Waals surface area contributed by atoms with Crippen molar-refractivity contribution in [2.45, 2.75) is 32.2 Å². The minimum atomic E-state index is 0.731. The van der Waals surface area contributed by atoms with Crippen LogP contribution in [0.15, 0.2) is 24.4 Å². The summed E-state index contributed by atoms with van der Waals surface area (Å²) in [4.78, 5) is 5.88. The van der Waals surface area contributed by atoms with E-state index in [0.717, 1.165) is 6.04 Å². The lowest BCUT2D eigenvalue weighted by atomic mass is 10.0. The SMILES string of the molecule is Cc1ccc2[nH]cc(C[C@@H]3CCCN3C)c2c1. The van der Waals surface area contributed by atoms with Gasteiger partial charge in [-0.05, 0) is 57.5 Å². The summed E-state index contributed by atoms with van der Waals surface area (Å²) in [6, 6.07) is 7.39. The van der Waals surface area contributed by atoms with E-state index in [1.165, 1.54) is 47.8 Å². The number of benzene rings is 1. The highest BCUT2D eigenvalue weighted by Gasteiger charge is 2.21. The number of hydrogen-bond donors (Lipinski definition) is 1. The average molecular weight is 228 g/mol. The third-order valence-electron chi connectivity index (χ3n) is 4.05. The normalized spacial score (nSPS) is 21.4. The molecule has 2 heteroatoms. The maximum absolute atomic E-state index is 3.39. The first kappa shape index (κ1) is 10.8. The van der Waals surface area contributed by atoms with E-state index in [-0.39, 0.29) is 0 Å². The zero-order valence-corrected chi connectivity index (χ0v) is 10.7. The van der Waals surface area contributed by atoms with Crippen LogP contribution < -0.4 is 0 Å². The Kier molecular flexibility index (Phi) is 2.67. The molecule has 1 saturated heterocycles. The molecule has 1 aliphatic rings. The molecule has 3 rings (SSSR count). The Morgan fingerprint density at radius 2 is 2.29 bits per heavy atom. The summed E-state index contributed by atoms with van der Waals surface area (Å²) in [5.41, 5.74) is 4.09. The number of likely N-dealkylation sites (N-methyl/N-ethyl adjacent to an activating group) is 1. The van der Waals surface area contributed by atoms with Gasteiger partial charge in [0.25, 0.3) is 0 Å². The van der Waals surface area contributed by atoms with Crippen molar-refractivity contribution in [3.63, 3.8) is 0 Å². The molecule has 17 heavy (non-hydrogen) atoms. The van der Waals surface area contributed by atoms with Gasteiger partial charge in [0.15, 0.2) is 0 Å². The Labute approximate surface area is 103 Å². The monoisotopic (exact) mass is 228 g/mol. The average Bonchev–Trinajstić information content (AvgIpc) is 2.88. The van der Waals surface area contributed by atoms with Gasteiger partial charge in [-0.1, -0.05) is 11.6 Å². The molecule has 90 valence electrons. The van der Waals surface area contributed by atoms with Gasteiger partial charge in [-0.25, -0.2) is 0 Å². The van der Waals surface area contributed by atoms with Gasteiger partial charge in [-0.15, -0.1) is 0 Å². The number of fused-ring (bicyclic) bond motifs is 1. The fraction of sp³-hybridized carbons (Fsp3) is 0.467. The van der Waals surface area contributed by atoms with Crippen molar-refractivity contribution in [2.24, 2.45) is 0 Å². The molecule has 1 atom stereocenters. The van der Waals surface area contributed by atoms with Crippen LogP contribution in [-0.4, -0.2) is 29.5 Å². The minimum Gasteiger partial charge on any atom is -0.361 e. The zero-order valence-electron chi connectivity index (χ0n) is 10.7. The molecule has 0 saturated carbocycles. The van der Waals surface area contributed by atoms with Gasteiger partial charge >= 0.3 is 0 Å². The molecule has 2 nitrogen and oxygen atoms in total. The highest BCUT2D eigenvalue weighted by Crippen LogP contribution is 2.25. The second-order valence-electron chi connectivity index (χ2n) is 5.34. The number of nitrogens with zero attached hydrogens (tertiary/aromatic N) is 1. The third-order valence-corrected chi connectivity index (χ3v) is 4.05. The van der Waals surface area contributed by atoms with Gasteiger partial charge in [0.05, 0.1) is 0 Å². The molecule has 2 heterocycles.